The molecule has 0 aliphatic rings. The lowest BCUT2D eigenvalue weighted by Crippen LogP contribution is -1.96. The Bertz CT molecular complexity index is 744. The molecule has 2 nitrogen and oxygen atoms in total. The fourth-order valence-corrected chi connectivity index (χ4v) is 3.29. The van der Waals surface area contributed by atoms with Gasteiger partial charge in [-0.05, 0) is 30.7 Å². The highest BCUT2D eigenvalue weighted by atomic mass is 32.2. The van der Waals surface area contributed by atoms with Gasteiger partial charge in [-0.15, -0.1) is 0 Å². The van der Waals surface area contributed by atoms with Crippen LogP contribution in [0.25, 0.3) is 0 Å². The fourth-order valence-electron chi connectivity index (χ4n) is 2.22. The van der Waals surface area contributed by atoms with Gasteiger partial charge in [0.1, 0.15) is 0 Å². The van der Waals surface area contributed by atoms with Crippen LogP contribution in [0.2, 0.25) is 0 Å². The van der Waals surface area contributed by atoms with Gasteiger partial charge in [-0.3, -0.25) is 0 Å². The van der Waals surface area contributed by atoms with Gasteiger partial charge in [0.25, 0.3) is 0 Å². The Labute approximate surface area is 127 Å². The highest BCUT2D eigenvalue weighted by Gasteiger charge is 2.08. The van der Waals surface area contributed by atoms with E-state index in [1.54, 1.807) is 0 Å². The fraction of sp³-hybridized carbons (Fsp3) is 0.111. The van der Waals surface area contributed by atoms with Gasteiger partial charge < -0.3 is 4.57 Å². The third-order valence-corrected chi connectivity index (χ3v) is 4.75. The van der Waals surface area contributed by atoms with Crippen LogP contribution >= 0.6 is 0 Å². The highest BCUT2D eigenvalue weighted by molar-refractivity contribution is 7.85. The molecule has 0 fully saturated rings. The summed E-state index contributed by atoms with van der Waals surface area (Å²) in [6.07, 6.45) is 3.94. The van der Waals surface area contributed by atoms with Crippen molar-refractivity contribution in [2.75, 3.05) is 0 Å². The monoisotopic (exact) mass is 295 g/mol. The Morgan fingerprint density at radius 1 is 0.905 bits per heavy atom. The summed E-state index contributed by atoms with van der Waals surface area (Å²) in [6, 6.07) is 20.0. The first-order valence-corrected chi connectivity index (χ1v) is 8.05. The molecule has 0 aliphatic carbocycles. The molecule has 0 saturated carbocycles. The molecule has 21 heavy (non-hydrogen) atoms. The van der Waals surface area contributed by atoms with Crippen molar-refractivity contribution in [1.29, 1.82) is 0 Å². The van der Waals surface area contributed by atoms with Crippen molar-refractivity contribution in [1.82, 2.24) is 4.57 Å². The van der Waals surface area contributed by atoms with E-state index in [9.17, 15) is 4.21 Å². The van der Waals surface area contributed by atoms with Gasteiger partial charge >= 0.3 is 0 Å². The van der Waals surface area contributed by atoms with E-state index < -0.39 is 10.8 Å². The maximum Gasteiger partial charge on any atom is 0.0865 e. The smallest absolute Gasteiger partial charge is 0.0865 e. The topological polar surface area (TPSA) is 22.0 Å². The molecule has 0 bridgehead atoms. The lowest BCUT2D eigenvalue weighted by Gasteiger charge is -2.03. The maximum absolute atomic E-state index is 12.5. The quantitative estimate of drug-likeness (QED) is 0.713. The van der Waals surface area contributed by atoms with Crippen LogP contribution in [0.3, 0.4) is 0 Å². The van der Waals surface area contributed by atoms with Crippen LogP contribution in [0.4, 0.5) is 0 Å². The minimum Gasteiger partial charge on any atom is -0.349 e. The normalized spacial score (nSPS) is 12.2. The molecule has 106 valence electrons. The first-order chi connectivity index (χ1) is 10.2. The van der Waals surface area contributed by atoms with Gasteiger partial charge in [0.05, 0.1) is 15.7 Å². The van der Waals surface area contributed by atoms with Gasteiger partial charge in [0.15, 0.2) is 0 Å². The Hall–Kier alpha value is -2.13. The lowest BCUT2D eigenvalue weighted by atomic mass is 10.2. The SMILES string of the molecule is Cc1ccc(S(=O)c2ccn(Cc3ccccc3)c2)cc1. The van der Waals surface area contributed by atoms with Crippen LogP contribution in [0.15, 0.2) is 82.8 Å². The van der Waals surface area contributed by atoms with E-state index in [1.165, 1.54) is 11.1 Å². The predicted octanol–water partition coefficient (Wildman–Crippen LogP) is 4.01. The van der Waals surface area contributed by atoms with Crippen molar-refractivity contribution in [2.24, 2.45) is 0 Å². The minimum absolute atomic E-state index is 0.798. The predicted molar refractivity (Wildman–Crippen MR) is 85.8 cm³/mol. The molecule has 0 radical (unpaired) electrons. The van der Waals surface area contributed by atoms with Crippen molar-refractivity contribution in [3.63, 3.8) is 0 Å². The number of rotatable bonds is 4. The number of hydrogen-bond acceptors (Lipinski definition) is 1. The molecule has 0 amide bonds. The standard InChI is InChI=1S/C18H17NOS/c1-15-7-9-17(10-8-15)21(20)18-11-12-19(14-18)13-16-5-3-2-4-6-16/h2-12,14H,13H2,1H3. The van der Waals surface area contributed by atoms with Crippen molar-refractivity contribution in [3.8, 4) is 0 Å². The van der Waals surface area contributed by atoms with Gasteiger partial charge in [-0.1, -0.05) is 48.0 Å². The summed E-state index contributed by atoms with van der Waals surface area (Å²) >= 11 is 0. The average molecular weight is 295 g/mol. The average Bonchev–Trinajstić information content (AvgIpc) is 2.97. The molecule has 1 aromatic heterocycles. The van der Waals surface area contributed by atoms with E-state index in [2.05, 4.69) is 16.7 Å². The molecular weight excluding hydrogens is 278 g/mol. The van der Waals surface area contributed by atoms with Crippen LogP contribution in [0.5, 0.6) is 0 Å². The number of aromatic nitrogens is 1. The van der Waals surface area contributed by atoms with E-state index in [0.29, 0.717) is 0 Å². The van der Waals surface area contributed by atoms with Crippen molar-refractivity contribution < 1.29 is 4.21 Å². The Kier molecular flexibility index (Phi) is 4.02. The summed E-state index contributed by atoms with van der Waals surface area (Å²) in [7, 11) is -1.11. The Balaban J connectivity index is 1.78. The zero-order chi connectivity index (χ0) is 14.7. The molecule has 0 spiro atoms. The summed E-state index contributed by atoms with van der Waals surface area (Å²) < 4.78 is 14.6. The zero-order valence-electron chi connectivity index (χ0n) is 11.9. The molecule has 0 saturated heterocycles. The molecule has 2 aromatic carbocycles. The van der Waals surface area contributed by atoms with Crippen LogP contribution in [0, 0.1) is 6.92 Å². The summed E-state index contributed by atoms with van der Waals surface area (Å²) in [4.78, 5) is 1.69. The van der Waals surface area contributed by atoms with Crippen molar-refractivity contribution in [3.05, 3.63) is 84.2 Å². The number of benzene rings is 2. The first kappa shape index (κ1) is 13.8. The molecule has 1 atom stereocenters. The number of hydrogen-bond donors (Lipinski definition) is 0. The van der Waals surface area contributed by atoms with Gasteiger partial charge in [0.2, 0.25) is 0 Å². The van der Waals surface area contributed by atoms with E-state index in [1.807, 2.05) is 67.8 Å². The molecule has 3 rings (SSSR count). The third kappa shape index (κ3) is 3.31. The van der Waals surface area contributed by atoms with Gasteiger partial charge in [-0.25, -0.2) is 4.21 Å². The van der Waals surface area contributed by atoms with Crippen LogP contribution in [-0.2, 0) is 17.3 Å². The second-order valence-electron chi connectivity index (χ2n) is 5.09. The van der Waals surface area contributed by atoms with Crippen LogP contribution < -0.4 is 0 Å². The molecule has 3 aromatic rings. The summed E-state index contributed by atoms with van der Waals surface area (Å²) in [5.74, 6) is 0. The van der Waals surface area contributed by atoms with E-state index in [4.69, 9.17) is 0 Å². The lowest BCUT2D eigenvalue weighted by molar-refractivity contribution is 0.682. The summed E-state index contributed by atoms with van der Waals surface area (Å²) in [5.41, 5.74) is 2.41. The summed E-state index contributed by atoms with van der Waals surface area (Å²) in [5, 5.41) is 0. The summed E-state index contributed by atoms with van der Waals surface area (Å²) in [6.45, 7) is 2.83. The number of nitrogens with zero attached hydrogens (tertiary/aromatic N) is 1. The zero-order valence-corrected chi connectivity index (χ0v) is 12.7. The van der Waals surface area contributed by atoms with Crippen molar-refractivity contribution in [2.45, 2.75) is 23.3 Å². The molecule has 1 heterocycles. The molecular formula is C18H17NOS. The second kappa shape index (κ2) is 6.10. The third-order valence-electron chi connectivity index (χ3n) is 3.38. The molecule has 0 N–H and O–H groups in total. The van der Waals surface area contributed by atoms with Gasteiger partial charge in [-0.2, -0.15) is 0 Å². The first-order valence-electron chi connectivity index (χ1n) is 6.90. The number of aryl methyl sites for hydroxylation is 1. The van der Waals surface area contributed by atoms with Gasteiger partial charge in [0, 0.05) is 23.8 Å². The van der Waals surface area contributed by atoms with Crippen LogP contribution in [0.1, 0.15) is 11.1 Å². The molecule has 1 unspecified atom stereocenters. The van der Waals surface area contributed by atoms with Crippen LogP contribution in [-0.4, -0.2) is 8.78 Å². The van der Waals surface area contributed by atoms with E-state index in [0.717, 1.165) is 16.3 Å². The maximum atomic E-state index is 12.5. The second-order valence-corrected chi connectivity index (χ2v) is 6.57. The molecule has 0 aliphatic heterocycles. The largest absolute Gasteiger partial charge is 0.349 e. The molecule has 3 heteroatoms. The van der Waals surface area contributed by atoms with Crippen molar-refractivity contribution >= 4 is 10.8 Å². The minimum atomic E-state index is -1.11. The Morgan fingerprint density at radius 3 is 2.33 bits per heavy atom. The van der Waals surface area contributed by atoms with E-state index in [-0.39, 0.29) is 0 Å². The van der Waals surface area contributed by atoms with E-state index >= 15 is 0 Å². The highest BCUT2D eigenvalue weighted by Crippen LogP contribution is 2.18. The Morgan fingerprint density at radius 2 is 1.62 bits per heavy atom.